The number of quaternary nitrogens is 1. The van der Waals surface area contributed by atoms with E-state index in [4.69, 9.17) is 4.74 Å². The largest absolute Gasteiger partial charge is 0.459 e. The number of hydrogen-bond donors (Lipinski definition) is 1. The first-order valence-corrected chi connectivity index (χ1v) is 10.0. The zero-order valence-electron chi connectivity index (χ0n) is 16.5. The quantitative estimate of drug-likeness (QED) is 0.454. The molecule has 1 aliphatic heterocycles. The van der Waals surface area contributed by atoms with Gasteiger partial charge in [0.25, 0.3) is 5.67 Å². The third-order valence-corrected chi connectivity index (χ3v) is 7.14. The van der Waals surface area contributed by atoms with Crippen LogP contribution in [0.3, 0.4) is 0 Å². The number of likely N-dealkylation sites (tertiary alicyclic amines) is 1. The van der Waals surface area contributed by atoms with Crippen molar-refractivity contribution in [1.82, 2.24) is 0 Å². The predicted octanol–water partition coefficient (Wildman–Crippen LogP) is 2.98. The van der Waals surface area contributed by atoms with Gasteiger partial charge < -0.3 is 9.64 Å². The van der Waals surface area contributed by atoms with E-state index in [1.807, 2.05) is 7.05 Å². The van der Waals surface area contributed by atoms with Crippen LogP contribution in [-0.4, -0.2) is 31.2 Å². The highest BCUT2D eigenvalue weighted by molar-refractivity contribution is 5.85. The maximum absolute atomic E-state index is 16.3. The van der Waals surface area contributed by atoms with Crippen molar-refractivity contribution in [3.63, 3.8) is 0 Å². The van der Waals surface area contributed by atoms with E-state index in [2.05, 4.69) is 12.2 Å². The Hall–Kier alpha value is -2.74. The molecule has 5 atom stereocenters. The molecular weight excluding hydrogens is 417 g/mol. The molecule has 3 nitrogen and oxygen atoms in total. The van der Waals surface area contributed by atoms with Crippen LogP contribution in [0.2, 0.25) is 0 Å². The van der Waals surface area contributed by atoms with Gasteiger partial charge in [0, 0.05) is 24.0 Å². The van der Waals surface area contributed by atoms with Crippen molar-refractivity contribution < 1.29 is 36.4 Å². The van der Waals surface area contributed by atoms with Gasteiger partial charge in [-0.1, -0.05) is 18.2 Å². The molecule has 0 aromatic heterocycles. The van der Waals surface area contributed by atoms with Crippen LogP contribution in [0.1, 0.15) is 24.0 Å². The number of esters is 1. The van der Waals surface area contributed by atoms with Gasteiger partial charge in [0.2, 0.25) is 0 Å². The molecular formula is C23H19F5NO2+. The van der Waals surface area contributed by atoms with Gasteiger partial charge in [0.05, 0.1) is 12.5 Å². The van der Waals surface area contributed by atoms with Gasteiger partial charge >= 0.3 is 5.97 Å². The van der Waals surface area contributed by atoms with Crippen molar-refractivity contribution >= 4 is 5.97 Å². The summed E-state index contributed by atoms with van der Waals surface area (Å²) in [4.78, 5) is 14.4. The molecule has 0 bridgehead atoms. The summed E-state index contributed by atoms with van der Waals surface area (Å²) < 4.78 is 76.4. The average molecular weight is 436 g/mol. The van der Waals surface area contributed by atoms with Crippen molar-refractivity contribution in [2.24, 2.45) is 5.41 Å². The van der Waals surface area contributed by atoms with Crippen molar-refractivity contribution in [2.45, 2.75) is 36.7 Å². The summed E-state index contributed by atoms with van der Waals surface area (Å²) in [5.74, 6) is -6.58. The summed E-state index contributed by atoms with van der Waals surface area (Å²) >= 11 is 0. The monoisotopic (exact) mass is 436 g/mol. The first kappa shape index (κ1) is 20.2. The van der Waals surface area contributed by atoms with Crippen LogP contribution >= 0.6 is 0 Å². The number of ether oxygens (including phenoxy) is 1. The number of benzene rings is 2. The van der Waals surface area contributed by atoms with Gasteiger partial charge in [-0.15, -0.1) is 0 Å². The van der Waals surface area contributed by atoms with Crippen LogP contribution in [0.15, 0.2) is 48.6 Å². The van der Waals surface area contributed by atoms with Crippen LogP contribution in [0, 0.1) is 28.7 Å². The highest BCUT2D eigenvalue weighted by Crippen LogP contribution is 2.52. The van der Waals surface area contributed by atoms with Crippen molar-refractivity contribution in [3.05, 3.63) is 82.9 Å². The number of alkyl halides is 1. The van der Waals surface area contributed by atoms with E-state index in [0.29, 0.717) is 43.1 Å². The zero-order chi connectivity index (χ0) is 22.1. The lowest BCUT2D eigenvalue weighted by molar-refractivity contribution is -0.992. The number of carbonyl (C=O) groups excluding carboxylic acids is 1. The van der Waals surface area contributed by atoms with Gasteiger partial charge in [-0.2, -0.15) is 0 Å². The van der Waals surface area contributed by atoms with E-state index in [1.165, 1.54) is 4.90 Å². The fourth-order valence-electron chi connectivity index (χ4n) is 5.52. The minimum atomic E-state index is -3.14. The summed E-state index contributed by atoms with van der Waals surface area (Å²) in [5.41, 5.74) is -4.33. The molecule has 1 saturated heterocycles. The Morgan fingerprint density at radius 1 is 1.03 bits per heavy atom. The van der Waals surface area contributed by atoms with E-state index in [0.717, 1.165) is 12.1 Å². The molecule has 4 unspecified atom stereocenters. The lowest BCUT2D eigenvalue weighted by atomic mass is 9.60. The maximum atomic E-state index is 16.3. The predicted molar refractivity (Wildman–Crippen MR) is 99.8 cm³/mol. The van der Waals surface area contributed by atoms with Gasteiger partial charge in [-0.05, 0) is 30.3 Å². The minimum absolute atomic E-state index is 0.0576. The molecule has 2 aliphatic carbocycles. The van der Waals surface area contributed by atoms with E-state index >= 15 is 4.39 Å². The molecule has 2 fully saturated rings. The highest BCUT2D eigenvalue weighted by Gasteiger charge is 2.70. The lowest BCUT2D eigenvalue weighted by Gasteiger charge is -2.57. The first-order chi connectivity index (χ1) is 14.7. The number of nitrogens with one attached hydrogen (secondary N) is 1. The van der Waals surface area contributed by atoms with Crippen molar-refractivity contribution in [1.29, 1.82) is 0 Å². The molecule has 0 radical (unpaired) electrons. The Kier molecular flexibility index (Phi) is 4.31. The second-order valence-electron chi connectivity index (χ2n) is 8.63. The first-order valence-electron chi connectivity index (χ1n) is 10.0. The van der Waals surface area contributed by atoms with E-state index < -0.39 is 52.1 Å². The van der Waals surface area contributed by atoms with Crippen LogP contribution in [0.25, 0.3) is 0 Å². The minimum Gasteiger partial charge on any atom is -0.459 e. The molecule has 5 rings (SSSR count). The normalized spacial score (nSPS) is 30.8. The van der Waals surface area contributed by atoms with Crippen LogP contribution in [-0.2, 0) is 15.2 Å². The Morgan fingerprint density at radius 3 is 2.06 bits per heavy atom. The summed E-state index contributed by atoms with van der Waals surface area (Å²) in [5, 5.41) is 0. The molecule has 8 heteroatoms. The third-order valence-electron chi connectivity index (χ3n) is 7.14. The number of hydrogen-bond acceptors (Lipinski definition) is 2. The van der Waals surface area contributed by atoms with Crippen LogP contribution in [0.4, 0.5) is 22.0 Å². The topological polar surface area (TPSA) is 30.7 Å². The zero-order valence-corrected chi connectivity index (χ0v) is 16.5. The number of carbonyl (C=O) groups is 1. The molecule has 3 aliphatic rings. The Bertz CT molecular complexity index is 1070. The molecule has 31 heavy (non-hydrogen) atoms. The second-order valence-corrected chi connectivity index (χ2v) is 8.63. The van der Waals surface area contributed by atoms with Crippen molar-refractivity contribution in [2.75, 3.05) is 7.05 Å². The maximum Gasteiger partial charge on any atom is 0.353 e. The summed E-state index contributed by atoms with van der Waals surface area (Å²) in [6, 6.07) is 4.76. The Balaban J connectivity index is 1.49. The fourth-order valence-corrected chi connectivity index (χ4v) is 5.52. The molecule has 0 amide bonds. The summed E-state index contributed by atoms with van der Waals surface area (Å²) in [6.07, 6.45) is 4.68. The smallest absolute Gasteiger partial charge is 0.353 e. The van der Waals surface area contributed by atoms with E-state index in [1.54, 1.807) is 0 Å². The van der Waals surface area contributed by atoms with Crippen LogP contribution < -0.4 is 4.90 Å². The van der Waals surface area contributed by atoms with E-state index in [9.17, 15) is 22.4 Å². The molecule has 2 aromatic rings. The standard InChI is InChI=1S/C23H18F5NO2/c1-29-19-6-7-22(19)11-14(10-20(22)29)31-21(30)23(28,12-2-4-15(24)17(26)8-12)13-3-5-16(25)18(27)9-13/h2-9,14,19-20H,10-11H2,1H3/p+1/t14-,19?,20?,22?/m0/s1. The number of rotatable bonds is 4. The Morgan fingerprint density at radius 2 is 1.61 bits per heavy atom. The van der Waals surface area contributed by atoms with E-state index in [-0.39, 0.29) is 11.5 Å². The van der Waals surface area contributed by atoms with Crippen molar-refractivity contribution in [3.8, 4) is 0 Å². The van der Waals surface area contributed by atoms with Gasteiger partial charge in [0.1, 0.15) is 18.2 Å². The summed E-state index contributed by atoms with van der Waals surface area (Å²) in [6.45, 7) is 0. The van der Waals surface area contributed by atoms with Gasteiger partial charge in [-0.25, -0.2) is 26.7 Å². The molecule has 1 heterocycles. The fraction of sp³-hybridized carbons (Fsp3) is 0.348. The molecule has 1 spiro atoms. The second kappa shape index (κ2) is 6.63. The number of likely N-dealkylation sites (N-methyl/N-ethyl adjacent to an activating group) is 1. The number of halogens is 5. The molecule has 2 aromatic carbocycles. The average Bonchev–Trinajstić information content (AvgIpc) is 3.10. The molecule has 162 valence electrons. The Labute approximate surface area is 175 Å². The highest BCUT2D eigenvalue weighted by atomic mass is 19.2. The van der Waals surface area contributed by atoms with Gasteiger partial charge in [0.15, 0.2) is 23.3 Å². The summed E-state index contributed by atoms with van der Waals surface area (Å²) in [7, 11) is 2.04. The lowest BCUT2D eigenvalue weighted by Crippen LogP contribution is -3.28. The third kappa shape index (κ3) is 2.70. The SMILES string of the molecule is C[NH+]1C2C=CC23C[C@@H](OC(=O)C(F)(c2ccc(F)c(F)c2)c2ccc(F)c(F)c2)CC13. The van der Waals surface area contributed by atoms with Gasteiger partial charge in [-0.3, -0.25) is 0 Å². The molecule has 1 N–H and O–H groups in total. The molecule has 1 saturated carbocycles. The van der Waals surface area contributed by atoms with Crippen LogP contribution in [0.5, 0.6) is 0 Å².